The number of fused-ring (bicyclic) bond motifs is 3. The second kappa shape index (κ2) is 23.5. The smallest absolute Gasteiger partial charge is 0.329 e. The van der Waals surface area contributed by atoms with E-state index in [-0.39, 0.29) is 62.2 Å². The van der Waals surface area contributed by atoms with Gasteiger partial charge < -0.3 is 49.2 Å². The first kappa shape index (κ1) is 53.1. The first-order valence-electron chi connectivity index (χ1n) is 24.0. The maximum absolute atomic E-state index is 14.5. The lowest BCUT2D eigenvalue weighted by molar-refractivity contribution is -0.302. The topological polar surface area (TPSA) is 207 Å². The summed E-state index contributed by atoms with van der Waals surface area (Å²) in [5.41, 5.74) is 0.724. The van der Waals surface area contributed by atoms with Crippen molar-refractivity contribution < 1.29 is 63.0 Å². The average Bonchev–Trinajstić information content (AvgIpc) is 3.29. The van der Waals surface area contributed by atoms with Gasteiger partial charge in [-0.1, -0.05) is 63.6 Å². The zero-order valence-electron chi connectivity index (χ0n) is 40.5. The molecule has 0 spiro atoms. The van der Waals surface area contributed by atoms with E-state index >= 15 is 0 Å². The molecule has 2 saturated heterocycles. The van der Waals surface area contributed by atoms with Gasteiger partial charge in [0.15, 0.2) is 0 Å². The SMILES string of the molecule is CCC1C=C(C)CC(C)CC(OC)C2OC(O)(C(=O)C(=O)N3CCCCC3C(=O)OC(C(C)=CC3CCC(O)(CC(=O)Nc4ccccc4)C(OC)C3)C(C)C(O)CC1=O)C(C)CC2OC. The molecule has 4 N–H and O–H groups in total. The number of nitrogens with zero attached hydrogens (tertiary/aromatic N) is 1. The van der Waals surface area contributed by atoms with Gasteiger partial charge in [0.25, 0.3) is 11.7 Å². The molecule has 3 heterocycles. The van der Waals surface area contributed by atoms with Crippen molar-refractivity contribution in [3.8, 4) is 0 Å². The maximum Gasteiger partial charge on any atom is 0.329 e. The quantitative estimate of drug-likeness (QED) is 0.130. The molecule has 5 rings (SSSR count). The number of ketones is 2. The predicted octanol–water partition coefficient (Wildman–Crippen LogP) is 5.87. The van der Waals surface area contributed by atoms with Gasteiger partial charge in [0.05, 0.1) is 36.4 Å². The van der Waals surface area contributed by atoms with Crippen LogP contribution in [0.4, 0.5) is 5.69 Å². The number of methoxy groups -OCH3 is 3. The number of hydrogen-bond donors (Lipinski definition) is 4. The van der Waals surface area contributed by atoms with E-state index in [4.69, 9.17) is 23.7 Å². The van der Waals surface area contributed by atoms with Crippen LogP contribution < -0.4 is 5.32 Å². The fourth-order valence-corrected chi connectivity index (χ4v) is 10.7. The molecule has 368 valence electrons. The van der Waals surface area contributed by atoms with E-state index < -0.39 is 89.5 Å². The van der Waals surface area contributed by atoms with E-state index in [9.17, 15) is 39.3 Å². The fourth-order valence-electron chi connectivity index (χ4n) is 10.7. The van der Waals surface area contributed by atoms with Crippen LogP contribution in [0.3, 0.4) is 0 Å². The van der Waals surface area contributed by atoms with Crippen LogP contribution in [0.25, 0.3) is 0 Å². The fraction of sp³-hybridized carbons (Fsp3) is 0.706. The number of amides is 2. The number of benzene rings is 1. The van der Waals surface area contributed by atoms with E-state index in [2.05, 4.69) is 5.32 Å². The number of ether oxygens (including phenoxy) is 5. The zero-order valence-corrected chi connectivity index (χ0v) is 40.5. The minimum atomic E-state index is -2.54. The number of hydrogen-bond acceptors (Lipinski definition) is 13. The van der Waals surface area contributed by atoms with Crippen molar-refractivity contribution in [1.82, 2.24) is 4.90 Å². The summed E-state index contributed by atoms with van der Waals surface area (Å²) in [5.74, 6) is -8.40. The van der Waals surface area contributed by atoms with Crippen LogP contribution in [0.2, 0.25) is 0 Å². The highest BCUT2D eigenvalue weighted by atomic mass is 16.7. The Balaban J connectivity index is 1.47. The van der Waals surface area contributed by atoms with Crippen LogP contribution in [0.15, 0.2) is 53.6 Å². The molecule has 3 fully saturated rings. The summed E-state index contributed by atoms with van der Waals surface area (Å²) in [6, 6.07) is 7.80. The Hall–Kier alpha value is -3.83. The van der Waals surface area contributed by atoms with Crippen LogP contribution in [-0.4, -0.2) is 131 Å². The number of carbonyl (C=O) groups excluding carboxylic acids is 5. The second-order valence-corrected chi connectivity index (χ2v) is 19.7. The molecule has 3 aliphatic heterocycles. The third-order valence-corrected chi connectivity index (χ3v) is 14.7. The lowest BCUT2D eigenvalue weighted by Gasteiger charge is -2.47. The molecular formula is C51H76N2O13. The summed E-state index contributed by atoms with van der Waals surface area (Å²) in [5, 5.41) is 38.5. The van der Waals surface area contributed by atoms with Gasteiger partial charge in [-0.2, -0.15) is 0 Å². The van der Waals surface area contributed by atoms with Crippen LogP contribution in [0, 0.1) is 29.6 Å². The lowest BCUT2D eigenvalue weighted by atomic mass is 9.73. The molecule has 15 heteroatoms. The molecule has 1 saturated carbocycles. The third-order valence-electron chi connectivity index (χ3n) is 14.7. The van der Waals surface area contributed by atoms with Gasteiger partial charge in [-0.3, -0.25) is 19.2 Å². The summed E-state index contributed by atoms with van der Waals surface area (Å²) < 4.78 is 30.2. The number of aliphatic hydroxyl groups is 3. The van der Waals surface area contributed by atoms with E-state index in [1.165, 1.54) is 21.3 Å². The van der Waals surface area contributed by atoms with Crippen molar-refractivity contribution >= 4 is 35.0 Å². The number of nitrogens with one attached hydrogen (secondary N) is 1. The Bertz CT molecular complexity index is 1910. The van der Waals surface area contributed by atoms with Crippen molar-refractivity contribution in [1.29, 1.82) is 0 Å². The van der Waals surface area contributed by atoms with E-state index in [0.29, 0.717) is 56.2 Å². The number of carbonyl (C=O) groups is 5. The van der Waals surface area contributed by atoms with Crippen LogP contribution in [0.1, 0.15) is 119 Å². The number of esters is 1. The molecule has 2 amide bonds. The molecule has 0 radical (unpaired) electrons. The van der Waals surface area contributed by atoms with Crippen molar-refractivity contribution in [2.45, 2.75) is 173 Å². The van der Waals surface area contributed by atoms with Crippen molar-refractivity contribution in [2.75, 3.05) is 33.2 Å². The van der Waals surface area contributed by atoms with Crippen LogP contribution in [-0.2, 0) is 47.7 Å². The normalized spacial score (nSPS) is 37.2. The molecule has 0 aromatic heterocycles. The van der Waals surface area contributed by atoms with Gasteiger partial charge >= 0.3 is 5.97 Å². The first-order valence-corrected chi connectivity index (χ1v) is 24.0. The Labute approximate surface area is 391 Å². The highest BCUT2D eigenvalue weighted by molar-refractivity contribution is 6.39. The molecule has 1 aliphatic carbocycles. The van der Waals surface area contributed by atoms with E-state index in [0.717, 1.165) is 10.5 Å². The lowest BCUT2D eigenvalue weighted by Crippen LogP contribution is -2.64. The predicted molar refractivity (Wildman–Crippen MR) is 247 cm³/mol. The number of aliphatic hydroxyl groups excluding tert-OH is 1. The summed E-state index contributed by atoms with van der Waals surface area (Å²) in [6.07, 6.45) is 2.45. The number of para-hydroxylation sites is 1. The van der Waals surface area contributed by atoms with Crippen molar-refractivity contribution in [3.63, 3.8) is 0 Å². The summed E-state index contributed by atoms with van der Waals surface area (Å²) in [6.45, 7) is 11.1. The van der Waals surface area contributed by atoms with Gasteiger partial charge in [-0.05, 0) is 108 Å². The van der Waals surface area contributed by atoms with Crippen molar-refractivity contribution in [3.05, 3.63) is 53.6 Å². The molecule has 1 aromatic rings. The standard InChI is InChI=1S/C51H76N2O13/c1-10-36-23-30(2)22-31(3)24-41(62-7)46-42(63-8)26-33(5)51(61,66-46)47(57)48(58)53-21-15-14-18-38(53)49(59)65-45(34(6)39(54)28-40(36)55)32(4)25-35-19-20-50(60,43(27-35)64-9)29-44(56)52-37-16-12-11-13-17-37/h11-13,16-17,23,25,31,33-36,38-39,41-43,45-46,54,60-61H,10,14-15,18-22,24,26-29H2,1-9H3,(H,52,56). The number of anilines is 1. The molecule has 14 unspecified atom stereocenters. The third kappa shape index (κ3) is 12.6. The van der Waals surface area contributed by atoms with E-state index in [1.54, 1.807) is 32.9 Å². The van der Waals surface area contributed by atoms with Gasteiger partial charge in [0, 0.05) is 57.7 Å². The highest BCUT2D eigenvalue weighted by Gasteiger charge is 2.57. The molecular weight excluding hydrogens is 849 g/mol. The molecule has 15 nitrogen and oxygen atoms in total. The molecule has 4 aliphatic rings. The Kier molecular flexibility index (Phi) is 18.9. The van der Waals surface area contributed by atoms with Crippen molar-refractivity contribution in [2.24, 2.45) is 29.6 Å². The Morgan fingerprint density at radius 2 is 1.62 bits per heavy atom. The highest BCUT2D eigenvalue weighted by Crippen LogP contribution is 2.41. The van der Waals surface area contributed by atoms with Gasteiger partial charge in [-0.25, -0.2) is 4.79 Å². The summed E-state index contributed by atoms with van der Waals surface area (Å²) in [4.78, 5) is 71.4. The Morgan fingerprint density at radius 3 is 2.27 bits per heavy atom. The van der Waals surface area contributed by atoms with Crippen LogP contribution in [0.5, 0.6) is 0 Å². The molecule has 66 heavy (non-hydrogen) atoms. The molecule has 2 bridgehead atoms. The average molecular weight is 925 g/mol. The monoisotopic (exact) mass is 925 g/mol. The first-order chi connectivity index (χ1) is 31.3. The maximum atomic E-state index is 14.5. The molecule has 1 aromatic carbocycles. The minimum Gasteiger partial charge on any atom is -0.456 e. The van der Waals surface area contributed by atoms with Crippen LogP contribution >= 0.6 is 0 Å². The zero-order chi connectivity index (χ0) is 48.5. The minimum absolute atomic E-state index is 0.00784. The van der Waals surface area contributed by atoms with Gasteiger partial charge in [0.1, 0.15) is 24.0 Å². The van der Waals surface area contributed by atoms with Gasteiger partial charge in [0.2, 0.25) is 11.7 Å². The summed E-state index contributed by atoms with van der Waals surface area (Å²) >= 11 is 0. The number of Topliss-reactive ketones (excluding diaryl/α,β-unsaturated/α-hetero) is 2. The molecule has 14 atom stereocenters. The Morgan fingerprint density at radius 1 is 0.939 bits per heavy atom. The number of piperidine rings is 1. The summed E-state index contributed by atoms with van der Waals surface area (Å²) in [7, 11) is 4.54. The van der Waals surface area contributed by atoms with Gasteiger partial charge in [-0.15, -0.1) is 0 Å². The second-order valence-electron chi connectivity index (χ2n) is 19.7. The number of cyclic esters (lactones) is 1. The number of rotatable bonds is 9. The van der Waals surface area contributed by atoms with E-state index in [1.807, 2.05) is 51.1 Å². The largest absolute Gasteiger partial charge is 0.456 e. The number of allylic oxidation sites excluding steroid dienone is 3.